The van der Waals surface area contributed by atoms with Crippen molar-refractivity contribution in [3.8, 4) is 0 Å². The van der Waals surface area contributed by atoms with Crippen LogP contribution in [0.15, 0.2) is 49.2 Å². The van der Waals surface area contributed by atoms with Gasteiger partial charge in [0.15, 0.2) is 5.78 Å². The molecule has 1 N–H and O–H groups in total. The molecule has 1 fully saturated rings. The zero-order valence-corrected chi connectivity index (χ0v) is 17.9. The molecule has 2 atom stereocenters. The molecule has 8 nitrogen and oxygen atoms in total. The van der Waals surface area contributed by atoms with E-state index in [1.807, 2.05) is 39.0 Å². The second kappa shape index (κ2) is 9.18. The normalized spacial score (nSPS) is 18.6. The number of pyridine rings is 2. The molecule has 4 rings (SSSR count). The van der Waals surface area contributed by atoms with Crippen LogP contribution in [0, 0.1) is 6.92 Å². The number of rotatable bonds is 6. The first kappa shape index (κ1) is 20.9. The fourth-order valence-corrected chi connectivity index (χ4v) is 3.63. The number of carbonyl (C=O) groups excluding carboxylic acids is 1. The van der Waals surface area contributed by atoms with Gasteiger partial charge in [-0.05, 0) is 44.5 Å². The van der Waals surface area contributed by atoms with E-state index in [1.165, 1.54) is 0 Å². The molecule has 0 amide bonds. The molecule has 0 unspecified atom stereocenters. The fourth-order valence-electron chi connectivity index (χ4n) is 3.63. The number of ether oxygens (including phenoxy) is 1. The van der Waals surface area contributed by atoms with Gasteiger partial charge in [0, 0.05) is 43.8 Å². The number of morpholine rings is 1. The van der Waals surface area contributed by atoms with Gasteiger partial charge >= 0.3 is 0 Å². The van der Waals surface area contributed by atoms with Gasteiger partial charge in [0.25, 0.3) is 0 Å². The van der Waals surface area contributed by atoms with E-state index in [1.54, 1.807) is 31.0 Å². The molecule has 3 aromatic heterocycles. The van der Waals surface area contributed by atoms with Crippen molar-refractivity contribution < 1.29 is 9.53 Å². The van der Waals surface area contributed by atoms with Crippen LogP contribution in [-0.2, 0) is 11.2 Å². The molecule has 0 spiro atoms. The fraction of sp³-hybridized carbons (Fsp3) is 0.348. The average Bonchev–Trinajstić information content (AvgIpc) is 2.76. The molecule has 0 saturated carbocycles. The minimum Gasteiger partial charge on any atom is -0.372 e. The van der Waals surface area contributed by atoms with Crippen molar-refractivity contribution in [2.75, 3.05) is 23.3 Å². The van der Waals surface area contributed by atoms with Crippen molar-refractivity contribution >= 4 is 23.1 Å². The maximum absolute atomic E-state index is 12.9. The van der Waals surface area contributed by atoms with Gasteiger partial charge in [-0.1, -0.05) is 0 Å². The Balaban J connectivity index is 1.45. The topological polar surface area (TPSA) is 93.1 Å². The van der Waals surface area contributed by atoms with Crippen LogP contribution in [0.2, 0.25) is 0 Å². The van der Waals surface area contributed by atoms with Crippen LogP contribution in [-0.4, -0.2) is 51.0 Å². The Labute approximate surface area is 181 Å². The summed E-state index contributed by atoms with van der Waals surface area (Å²) in [5.74, 6) is 0.572. The van der Waals surface area contributed by atoms with Crippen molar-refractivity contribution in [1.29, 1.82) is 0 Å². The first-order valence-electron chi connectivity index (χ1n) is 10.4. The first-order chi connectivity index (χ1) is 15.0. The standard InChI is InChI=1S/C23H26N6O2/c1-15-4-5-20(11-25-15)28-21-12-24-7-6-18(21)8-22(30)19-9-26-23(27-10-19)29-13-16(2)31-17(3)14-29/h4-7,9-12,16-17,28H,8,13-14H2,1-3H3/t16-,17+. The summed E-state index contributed by atoms with van der Waals surface area (Å²) in [5.41, 5.74) is 3.89. The summed E-state index contributed by atoms with van der Waals surface area (Å²) in [6.07, 6.45) is 8.82. The van der Waals surface area contributed by atoms with Crippen LogP contribution < -0.4 is 10.2 Å². The van der Waals surface area contributed by atoms with Crippen molar-refractivity contribution in [1.82, 2.24) is 19.9 Å². The zero-order chi connectivity index (χ0) is 21.8. The number of ketones is 1. The molecule has 31 heavy (non-hydrogen) atoms. The Kier molecular flexibility index (Phi) is 6.18. The second-order valence-corrected chi connectivity index (χ2v) is 7.88. The van der Waals surface area contributed by atoms with E-state index >= 15 is 0 Å². The third-order valence-corrected chi connectivity index (χ3v) is 5.12. The molecule has 0 bridgehead atoms. The lowest BCUT2D eigenvalue weighted by Crippen LogP contribution is -2.46. The first-order valence-corrected chi connectivity index (χ1v) is 10.4. The van der Waals surface area contributed by atoms with Crippen LogP contribution >= 0.6 is 0 Å². The highest BCUT2D eigenvalue weighted by atomic mass is 16.5. The van der Waals surface area contributed by atoms with Gasteiger partial charge in [-0.25, -0.2) is 9.97 Å². The van der Waals surface area contributed by atoms with Crippen LogP contribution in [0.4, 0.5) is 17.3 Å². The predicted octanol–water partition coefficient (Wildman–Crippen LogP) is 3.36. The Morgan fingerprint density at radius 2 is 1.81 bits per heavy atom. The van der Waals surface area contributed by atoms with Crippen LogP contribution in [0.3, 0.4) is 0 Å². The predicted molar refractivity (Wildman–Crippen MR) is 119 cm³/mol. The average molecular weight is 419 g/mol. The highest BCUT2D eigenvalue weighted by Gasteiger charge is 2.24. The smallest absolute Gasteiger partial charge is 0.225 e. The maximum Gasteiger partial charge on any atom is 0.225 e. The molecule has 1 aliphatic rings. The number of hydrogen-bond acceptors (Lipinski definition) is 8. The number of hydrogen-bond donors (Lipinski definition) is 1. The number of Topliss-reactive ketones (excluding diaryl/α,β-unsaturated/α-hetero) is 1. The zero-order valence-electron chi connectivity index (χ0n) is 17.9. The minimum absolute atomic E-state index is 0.0495. The molecular formula is C23H26N6O2. The van der Waals surface area contributed by atoms with E-state index in [0.717, 1.165) is 35.7 Å². The largest absolute Gasteiger partial charge is 0.372 e. The lowest BCUT2D eigenvalue weighted by atomic mass is 10.0. The van der Waals surface area contributed by atoms with Crippen LogP contribution in [0.1, 0.15) is 35.5 Å². The van der Waals surface area contributed by atoms with Gasteiger partial charge in [0.05, 0.1) is 41.5 Å². The SMILES string of the molecule is Cc1ccc(Nc2cnccc2CC(=O)c2cnc(N3C[C@@H](C)O[C@@H](C)C3)nc2)cn1. The lowest BCUT2D eigenvalue weighted by molar-refractivity contribution is -0.00572. The molecule has 3 aromatic rings. The highest BCUT2D eigenvalue weighted by molar-refractivity contribution is 5.97. The van der Waals surface area contributed by atoms with Gasteiger partial charge in [-0.15, -0.1) is 0 Å². The summed E-state index contributed by atoms with van der Waals surface area (Å²) >= 11 is 0. The van der Waals surface area contributed by atoms with Crippen molar-refractivity contribution in [3.63, 3.8) is 0 Å². The molecule has 0 aliphatic carbocycles. The molecule has 8 heteroatoms. The number of aromatic nitrogens is 4. The lowest BCUT2D eigenvalue weighted by Gasteiger charge is -2.35. The van der Waals surface area contributed by atoms with Crippen molar-refractivity contribution in [2.24, 2.45) is 0 Å². The van der Waals surface area contributed by atoms with Crippen molar-refractivity contribution in [3.05, 3.63) is 66.0 Å². The molecule has 4 heterocycles. The number of nitrogens with one attached hydrogen (secondary N) is 1. The van der Waals surface area contributed by atoms with Gasteiger partial charge in [-0.2, -0.15) is 0 Å². The summed E-state index contributed by atoms with van der Waals surface area (Å²) < 4.78 is 5.76. The molecule has 1 saturated heterocycles. The van der Waals surface area contributed by atoms with E-state index in [-0.39, 0.29) is 24.4 Å². The quantitative estimate of drug-likeness (QED) is 0.609. The Morgan fingerprint density at radius 3 is 2.48 bits per heavy atom. The Hall–Kier alpha value is -3.39. The number of carbonyl (C=O) groups is 1. The van der Waals surface area contributed by atoms with Crippen LogP contribution in [0.5, 0.6) is 0 Å². The summed E-state index contributed by atoms with van der Waals surface area (Å²) in [7, 11) is 0. The number of anilines is 3. The van der Waals surface area contributed by atoms with E-state index in [9.17, 15) is 4.79 Å². The van der Waals surface area contributed by atoms with Gasteiger partial charge in [0.1, 0.15) is 0 Å². The van der Waals surface area contributed by atoms with Gasteiger partial charge in [0.2, 0.25) is 5.95 Å². The van der Waals surface area contributed by atoms with Gasteiger partial charge < -0.3 is 15.0 Å². The molecule has 1 aliphatic heterocycles. The van der Waals surface area contributed by atoms with E-state index in [2.05, 4.69) is 30.2 Å². The molecular weight excluding hydrogens is 392 g/mol. The number of nitrogens with zero attached hydrogens (tertiary/aromatic N) is 5. The third-order valence-electron chi connectivity index (χ3n) is 5.12. The summed E-state index contributed by atoms with van der Waals surface area (Å²) in [5, 5.41) is 3.29. The summed E-state index contributed by atoms with van der Waals surface area (Å²) in [6.45, 7) is 7.47. The number of aryl methyl sites for hydroxylation is 1. The minimum atomic E-state index is -0.0495. The van der Waals surface area contributed by atoms with E-state index in [4.69, 9.17) is 4.74 Å². The van der Waals surface area contributed by atoms with E-state index < -0.39 is 0 Å². The monoisotopic (exact) mass is 418 g/mol. The van der Waals surface area contributed by atoms with Crippen molar-refractivity contribution in [2.45, 2.75) is 39.4 Å². The molecule has 0 aromatic carbocycles. The highest BCUT2D eigenvalue weighted by Crippen LogP contribution is 2.22. The van der Waals surface area contributed by atoms with Gasteiger partial charge in [-0.3, -0.25) is 14.8 Å². The second-order valence-electron chi connectivity index (χ2n) is 7.88. The third kappa shape index (κ3) is 5.21. The maximum atomic E-state index is 12.9. The molecule has 0 radical (unpaired) electrons. The summed E-state index contributed by atoms with van der Waals surface area (Å²) in [4.78, 5) is 32.3. The molecule has 160 valence electrons. The summed E-state index contributed by atoms with van der Waals surface area (Å²) in [6, 6.07) is 5.72. The van der Waals surface area contributed by atoms with Crippen LogP contribution in [0.25, 0.3) is 0 Å². The van der Waals surface area contributed by atoms with E-state index in [0.29, 0.717) is 11.5 Å². The Bertz CT molecular complexity index is 1030. The Morgan fingerprint density at radius 1 is 1.06 bits per heavy atom.